The minimum atomic E-state index is -0.952. The number of carbonyl (C=O) groups is 1. The first kappa shape index (κ1) is 22.7. The molecule has 5 rings (SSSR count). The molecule has 2 aliphatic heterocycles. The number of rotatable bonds is 5. The van der Waals surface area contributed by atoms with Gasteiger partial charge in [-0.2, -0.15) is 5.10 Å². The molecule has 0 N–H and O–H groups in total. The molecule has 3 aromatic rings. The lowest BCUT2D eigenvalue weighted by Gasteiger charge is -2.32. The van der Waals surface area contributed by atoms with E-state index in [9.17, 15) is 18.4 Å². The van der Waals surface area contributed by atoms with Crippen molar-refractivity contribution in [2.75, 3.05) is 26.2 Å². The summed E-state index contributed by atoms with van der Waals surface area (Å²) in [4.78, 5) is 29.8. The summed E-state index contributed by atoms with van der Waals surface area (Å²) in [6, 6.07) is 10.7. The highest BCUT2D eigenvalue weighted by Crippen LogP contribution is 2.27. The van der Waals surface area contributed by atoms with Crippen molar-refractivity contribution >= 4 is 16.7 Å². The normalized spacial score (nSPS) is 17.5. The molecule has 6 nitrogen and oxygen atoms in total. The number of likely N-dealkylation sites (tertiary alicyclic amines) is 2. The maximum atomic E-state index is 13.9. The Hall–Kier alpha value is -3.13. The summed E-state index contributed by atoms with van der Waals surface area (Å²) < 4.78 is 28.8. The van der Waals surface area contributed by atoms with Gasteiger partial charge in [0.05, 0.1) is 17.7 Å². The molecule has 0 spiro atoms. The molecule has 1 aromatic heterocycles. The van der Waals surface area contributed by atoms with Gasteiger partial charge >= 0.3 is 0 Å². The molecule has 0 bridgehead atoms. The summed E-state index contributed by atoms with van der Waals surface area (Å²) in [5.41, 5.74) is 0.649. The summed E-state index contributed by atoms with van der Waals surface area (Å²) in [5, 5.41) is 5.66. The zero-order valence-corrected chi connectivity index (χ0v) is 19.1. The Balaban J connectivity index is 1.34. The summed E-state index contributed by atoms with van der Waals surface area (Å²) >= 11 is 0. The molecule has 0 saturated carbocycles. The first-order chi connectivity index (χ1) is 16.5. The standard InChI is InChI=1S/C26H28F2N4O2/c27-22-8-7-19(16-23(22)28)25-20-5-1-2-6-21(20)26(34)32(29-25)17-30-13-9-18(10-14-30)15-24(33)31-11-3-4-12-31/h1-2,5-8,16,18H,3-4,9-15,17H2. The van der Waals surface area contributed by atoms with E-state index in [4.69, 9.17) is 0 Å². The van der Waals surface area contributed by atoms with Crippen LogP contribution in [0, 0.1) is 17.6 Å². The molecule has 0 atom stereocenters. The molecular formula is C26H28F2N4O2. The fourth-order valence-corrected chi connectivity index (χ4v) is 5.05. The summed E-state index contributed by atoms with van der Waals surface area (Å²) in [7, 11) is 0. The highest BCUT2D eigenvalue weighted by molar-refractivity contribution is 5.93. The quantitative estimate of drug-likeness (QED) is 0.570. The van der Waals surface area contributed by atoms with Gasteiger partial charge in [0.2, 0.25) is 5.91 Å². The fraction of sp³-hybridized carbons (Fsp3) is 0.423. The van der Waals surface area contributed by atoms with Crippen LogP contribution < -0.4 is 5.56 Å². The monoisotopic (exact) mass is 466 g/mol. The molecule has 3 heterocycles. The fourth-order valence-electron chi connectivity index (χ4n) is 5.05. The molecule has 2 aromatic carbocycles. The van der Waals surface area contributed by atoms with Gasteiger partial charge in [0.1, 0.15) is 0 Å². The van der Waals surface area contributed by atoms with Gasteiger partial charge in [0, 0.05) is 43.5 Å². The van der Waals surface area contributed by atoms with E-state index in [1.165, 1.54) is 10.7 Å². The molecule has 178 valence electrons. The van der Waals surface area contributed by atoms with Crippen LogP contribution in [0.15, 0.2) is 47.3 Å². The Morgan fingerprint density at radius 2 is 1.65 bits per heavy atom. The third-order valence-corrected chi connectivity index (χ3v) is 7.02. The SMILES string of the molecule is O=C(CC1CCN(Cn2nc(-c3ccc(F)c(F)c3)c3ccccc3c2=O)CC1)N1CCCC1. The average molecular weight is 467 g/mol. The van der Waals surface area contributed by atoms with Crippen LogP contribution in [-0.4, -0.2) is 51.7 Å². The Bertz CT molecular complexity index is 1260. The van der Waals surface area contributed by atoms with Crippen LogP contribution in [0.2, 0.25) is 0 Å². The number of hydrogen-bond acceptors (Lipinski definition) is 4. The Morgan fingerprint density at radius 3 is 2.35 bits per heavy atom. The summed E-state index contributed by atoms with van der Waals surface area (Å²) in [5.74, 6) is -1.25. The van der Waals surface area contributed by atoms with Crippen molar-refractivity contribution < 1.29 is 13.6 Å². The highest BCUT2D eigenvalue weighted by Gasteiger charge is 2.26. The van der Waals surface area contributed by atoms with E-state index in [-0.39, 0.29) is 11.5 Å². The van der Waals surface area contributed by atoms with Crippen molar-refractivity contribution in [2.24, 2.45) is 5.92 Å². The maximum absolute atomic E-state index is 13.9. The van der Waals surface area contributed by atoms with E-state index in [2.05, 4.69) is 10.00 Å². The molecular weight excluding hydrogens is 438 g/mol. The van der Waals surface area contributed by atoms with Gasteiger partial charge in [-0.15, -0.1) is 0 Å². The largest absolute Gasteiger partial charge is 0.343 e. The second-order valence-corrected chi connectivity index (χ2v) is 9.32. The van der Waals surface area contributed by atoms with E-state index in [1.807, 2.05) is 4.90 Å². The molecule has 2 saturated heterocycles. The maximum Gasteiger partial charge on any atom is 0.275 e. The Kier molecular flexibility index (Phi) is 6.41. The average Bonchev–Trinajstić information content (AvgIpc) is 3.39. The molecule has 0 aliphatic carbocycles. The van der Waals surface area contributed by atoms with Gasteiger partial charge in [-0.05, 0) is 55.9 Å². The van der Waals surface area contributed by atoms with Crippen LogP contribution in [0.3, 0.4) is 0 Å². The van der Waals surface area contributed by atoms with Crippen LogP contribution in [0.25, 0.3) is 22.0 Å². The molecule has 1 amide bonds. The lowest BCUT2D eigenvalue weighted by atomic mass is 9.93. The lowest BCUT2D eigenvalue weighted by molar-refractivity contribution is -0.131. The van der Waals surface area contributed by atoms with E-state index < -0.39 is 11.6 Å². The third-order valence-electron chi connectivity index (χ3n) is 7.02. The van der Waals surface area contributed by atoms with Gasteiger partial charge in [0.15, 0.2) is 11.6 Å². The molecule has 8 heteroatoms. The first-order valence-corrected chi connectivity index (χ1v) is 11.9. The van der Waals surface area contributed by atoms with Crippen LogP contribution >= 0.6 is 0 Å². The van der Waals surface area contributed by atoms with Crippen LogP contribution in [-0.2, 0) is 11.5 Å². The predicted octanol–water partition coefficient (Wildman–Crippen LogP) is 4.02. The third kappa shape index (κ3) is 4.59. The van der Waals surface area contributed by atoms with Gasteiger partial charge in [0.25, 0.3) is 5.56 Å². The molecule has 2 aliphatic rings. The van der Waals surface area contributed by atoms with Gasteiger partial charge in [-0.25, -0.2) is 13.5 Å². The Morgan fingerprint density at radius 1 is 0.941 bits per heavy atom. The zero-order valence-electron chi connectivity index (χ0n) is 19.1. The minimum absolute atomic E-state index is 0.215. The molecule has 2 fully saturated rings. The van der Waals surface area contributed by atoms with E-state index in [0.29, 0.717) is 41.0 Å². The van der Waals surface area contributed by atoms with Crippen molar-refractivity contribution in [1.82, 2.24) is 19.6 Å². The predicted molar refractivity (Wildman–Crippen MR) is 126 cm³/mol. The van der Waals surface area contributed by atoms with E-state index >= 15 is 0 Å². The zero-order chi connectivity index (χ0) is 23.7. The highest BCUT2D eigenvalue weighted by atomic mass is 19.2. The van der Waals surface area contributed by atoms with Crippen molar-refractivity contribution in [3.63, 3.8) is 0 Å². The second-order valence-electron chi connectivity index (χ2n) is 9.32. The molecule has 0 radical (unpaired) electrons. The molecule has 34 heavy (non-hydrogen) atoms. The lowest BCUT2D eigenvalue weighted by Crippen LogP contribution is -2.40. The summed E-state index contributed by atoms with van der Waals surface area (Å²) in [6.45, 7) is 3.63. The smallest absolute Gasteiger partial charge is 0.275 e. The number of fused-ring (bicyclic) bond motifs is 1. The first-order valence-electron chi connectivity index (χ1n) is 11.9. The van der Waals surface area contributed by atoms with Gasteiger partial charge in [-0.3, -0.25) is 14.5 Å². The van der Waals surface area contributed by atoms with Crippen LogP contribution in [0.4, 0.5) is 8.78 Å². The number of amides is 1. The number of benzene rings is 2. The number of halogens is 2. The van der Waals surface area contributed by atoms with E-state index in [0.717, 1.165) is 64.0 Å². The molecule has 0 unspecified atom stereocenters. The minimum Gasteiger partial charge on any atom is -0.343 e. The van der Waals surface area contributed by atoms with Crippen LogP contribution in [0.1, 0.15) is 32.1 Å². The van der Waals surface area contributed by atoms with Crippen molar-refractivity contribution in [2.45, 2.75) is 38.8 Å². The van der Waals surface area contributed by atoms with Crippen molar-refractivity contribution in [1.29, 1.82) is 0 Å². The summed E-state index contributed by atoms with van der Waals surface area (Å²) in [6.07, 6.45) is 4.60. The topological polar surface area (TPSA) is 58.4 Å². The van der Waals surface area contributed by atoms with Crippen LogP contribution in [0.5, 0.6) is 0 Å². The number of carbonyl (C=O) groups excluding carboxylic acids is 1. The number of aromatic nitrogens is 2. The number of piperidine rings is 1. The second kappa shape index (κ2) is 9.62. The van der Waals surface area contributed by atoms with E-state index in [1.54, 1.807) is 24.3 Å². The van der Waals surface area contributed by atoms with Gasteiger partial charge in [-0.1, -0.05) is 18.2 Å². The van der Waals surface area contributed by atoms with Crippen molar-refractivity contribution in [3.05, 3.63) is 64.5 Å². The Labute approximate surface area is 196 Å². The number of hydrogen-bond donors (Lipinski definition) is 0. The van der Waals surface area contributed by atoms with Gasteiger partial charge < -0.3 is 4.90 Å². The van der Waals surface area contributed by atoms with Crippen molar-refractivity contribution in [3.8, 4) is 11.3 Å². The number of nitrogens with zero attached hydrogens (tertiary/aromatic N) is 4.